The molecule has 0 spiro atoms. The second kappa shape index (κ2) is 10.8. The summed E-state index contributed by atoms with van der Waals surface area (Å²) >= 11 is 7.24. The van der Waals surface area contributed by atoms with Crippen LogP contribution in [0, 0.1) is 23.7 Å². The van der Waals surface area contributed by atoms with Crippen molar-refractivity contribution in [2.24, 2.45) is 23.7 Å². The number of fused-ring (bicyclic) bond motifs is 5. The van der Waals surface area contributed by atoms with Gasteiger partial charge in [-0.2, -0.15) is 0 Å². The number of ether oxygens (including phenoxy) is 2. The number of esters is 2. The van der Waals surface area contributed by atoms with E-state index in [0.29, 0.717) is 17.9 Å². The first-order chi connectivity index (χ1) is 16.7. The zero-order chi connectivity index (χ0) is 25.3. The number of nitrogens with zero attached hydrogens (tertiary/aromatic N) is 1. The number of carbonyl (C=O) groups is 5. The van der Waals surface area contributed by atoms with Gasteiger partial charge >= 0.3 is 11.9 Å². The molecule has 0 radical (unpaired) electrons. The number of nitrogens with one attached hydrogen (secondary N) is 1. The minimum absolute atomic E-state index is 0.0576. The molecule has 35 heavy (non-hydrogen) atoms. The van der Waals surface area contributed by atoms with E-state index in [0.717, 1.165) is 24.2 Å². The van der Waals surface area contributed by atoms with Gasteiger partial charge in [0.1, 0.15) is 6.54 Å². The second-order valence-corrected chi connectivity index (χ2v) is 11.2. The molecule has 1 aromatic rings. The number of hydrogen-bond acceptors (Lipinski definition) is 7. The number of amides is 3. The lowest BCUT2D eigenvalue weighted by molar-refractivity contribution is -0.154. The van der Waals surface area contributed by atoms with Gasteiger partial charge in [-0.05, 0) is 48.9 Å². The second-order valence-electron chi connectivity index (χ2n) is 9.04. The lowest BCUT2D eigenvalue weighted by atomic mass is 9.81. The van der Waals surface area contributed by atoms with Crippen LogP contribution in [0.2, 0.25) is 0 Å². The predicted octanol–water partition coefficient (Wildman–Crippen LogP) is 2.90. The Labute approximate surface area is 219 Å². The number of halogens is 2. The summed E-state index contributed by atoms with van der Waals surface area (Å²) in [5.74, 6) is -3.24. The van der Waals surface area contributed by atoms with Crippen LogP contribution in [0.15, 0.2) is 24.3 Å². The largest absolute Gasteiger partial charge is 0.462 e. The van der Waals surface area contributed by atoms with Gasteiger partial charge in [-0.15, -0.1) is 0 Å². The van der Waals surface area contributed by atoms with Crippen molar-refractivity contribution < 1.29 is 33.4 Å². The van der Waals surface area contributed by atoms with Crippen molar-refractivity contribution in [1.29, 1.82) is 0 Å². The highest BCUT2D eigenvalue weighted by Crippen LogP contribution is 2.60. The lowest BCUT2D eigenvalue weighted by Gasteiger charge is -2.28. The van der Waals surface area contributed by atoms with Gasteiger partial charge in [0.05, 0.1) is 24.0 Å². The van der Waals surface area contributed by atoms with Crippen LogP contribution in [0.3, 0.4) is 0 Å². The summed E-state index contributed by atoms with van der Waals surface area (Å²) in [6, 6.07) is 6.14. The number of likely N-dealkylation sites (tertiary alicyclic amines) is 1. The molecule has 3 aliphatic rings. The Balaban J connectivity index is 1.24. The maximum atomic E-state index is 12.9. The normalized spacial score (nSPS) is 28.7. The van der Waals surface area contributed by atoms with Crippen LogP contribution >= 0.6 is 31.9 Å². The fourth-order valence-corrected chi connectivity index (χ4v) is 7.04. The number of anilines is 1. The average Bonchev–Trinajstić information content (AvgIpc) is 3.44. The van der Waals surface area contributed by atoms with Gasteiger partial charge in [-0.1, -0.05) is 45.2 Å². The quantitative estimate of drug-likeness (QED) is 0.197. The van der Waals surface area contributed by atoms with Crippen molar-refractivity contribution in [3.8, 4) is 0 Å². The Morgan fingerprint density at radius 3 is 2.17 bits per heavy atom. The van der Waals surface area contributed by atoms with Gasteiger partial charge in [0.2, 0.25) is 11.8 Å². The number of unbranched alkanes of at least 4 members (excludes halogenated alkanes) is 1. The molecule has 3 fully saturated rings. The van der Waals surface area contributed by atoms with Crippen LogP contribution in [0.5, 0.6) is 0 Å². The molecular weight excluding hydrogens is 588 g/mol. The fraction of sp³-hybridized carbons (Fsp3) is 0.542. The first-order valence-electron chi connectivity index (χ1n) is 11.6. The number of hydrogen-bond donors (Lipinski definition) is 1. The highest BCUT2D eigenvalue weighted by molar-refractivity contribution is 9.12. The molecule has 2 bridgehead atoms. The Morgan fingerprint density at radius 1 is 1.00 bits per heavy atom. The molecule has 0 aromatic heterocycles. The van der Waals surface area contributed by atoms with E-state index in [1.165, 1.54) is 12.1 Å². The minimum atomic E-state index is -0.829. The van der Waals surface area contributed by atoms with Crippen LogP contribution in [-0.2, 0) is 28.7 Å². The fourth-order valence-electron chi connectivity index (χ4n) is 5.17. The molecular formula is C24H26Br2N2O7. The minimum Gasteiger partial charge on any atom is -0.462 e. The molecule has 0 unspecified atom stereocenters. The first kappa shape index (κ1) is 25.8. The van der Waals surface area contributed by atoms with E-state index in [1.807, 2.05) is 6.92 Å². The van der Waals surface area contributed by atoms with Crippen LogP contribution in [0.25, 0.3) is 0 Å². The molecule has 11 heteroatoms. The van der Waals surface area contributed by atoms with Gasteiger partial charge in [-0.25, -0.2) is 4.79 Å². The number of benzene rings is 1. The summed E-state index contributed by atoms with van der Waals surface area (Å²) in [6.07, 6.45) is 2.51. The summed E-state index contributed by atoms with van der Waals surface area (Å²) in [7, 11) is 0. The van der Waals surface area contributed by atoms with Crippen molar-refractivity contribution in [3.05, 3.63) is 29.8 Å². The van der Waals surface area contributed by atoms with Crippen molar-refractivity contribution in [2.45, 2.75) is 35.8 Å². The molecule has 1 heterocycles. The lowest BCUT2D eigenvalue weighted by Crippen LogP contribution is -2.38. The summed E-state index contributed by atoms with van der Waals surface area (Å²) in [6.45, 7) is 1.27. The summed E-state index contributed by atoms with van der Waals surface area (Å²) in [5.41, 5.74) is 0.777. The van der Waals surface area contributed by atoms with E-state index in [4.69, 9.17) is 9.47 Å². The number of imide groups is 1. The maximum Gasteiger partial charge on any atom is 0.338 e. The summed E-state index contributed by atoms with van der Waals surface area (Å²) < 4.78 is 10.1. The van der Waals surface area contributed by atoms with Crippen molar-refractivity contribution in [2.75, 3.05) is 25.1 Å². The van der Waals surface area contributed by atoms with E-state index >= 15 is 0 Å². The molecule has 1 saturated heterocycles. The van der Waals surface area contributed by atoms with Gasteiger partial charge < -0.3 is 14.8 Å². The van der Waals surface area contributed by atoms with Gasteiger partial charge in [-0.3, -0.25) is 24.1 Å². The van der Waals surface area contributed by atoms with Gasteiger partial charge in [0.25, 0.3) is 5.91 Å². The predicted molar refractivity (Wildman–Crippen MR) is 132 cm³/mol. The molecule has 2 saturated carbocycles. The molecule has 1 N–H and O–H groups in total. The SMILES string of the molecule is CCCCOC(=O)c1ccc(NC(=O)COC(=O)CN2C(=O)[C@@H]3[C@H]4C[C@@H]([C@H](Br)[C@@H]4Br)[C@@H]3C2=O)cc1. The third-order valence-corrected chi connectivity index (χ3v) is 10.1. The Kier molecular flexibility index (Phi) is 7.95. The Bertz CT molecular complexity index is 999. The average molecular weight is 614 g/mol. The smallest absolute Gasteiger partial charge is 0.338 e. The molecule has 3 amide bonds. The molecule has 1 aromatic carbocycles. The van der Waals surface area contributed by atoms with E-state index in [2.05, 4.69) is 37.2 Å². The Morgan fingerprint density at radius 2 is 1.60 bits per heavy atom. The van der Waals surface area contributed by atoms with Gasteiger partial charge in [0.15, 0.2) is 6.61 Å². The number of rotatable bonds is 9. The third kappa shape index (κ3) is 5.16. The van der Waals surface area contributed by atoms with Crippen LogP contribution in [0.1, 0.15) is 36.5 Å². The maximum absolute atomic E-state index is 12.9. The molecule has 6 atom stereocenters. The summed E-state index contributed by atoms with van der Waals surface area (Å²) in [5, 5.41) is 2.56. The van der Waals surface area contributed by atoms with Crippen LogP contribution in [0.4, 0.5) is 5.69 Å². The van der Waals surface area contributed by atoms with E-state index in [-0.39, 0.29) is 33.3 Å². The summed E-state index contributed by atoms with van der Waals surface area (Å²) in [4.78, 5) is 63.3. The standard InChI is InChI=1S/C24H26Br2N2O7/c1-2-3-8-34-24(33)12-4-6-13(7-5-12)27-16(29)11-35-17(30)10-28-22(31)18-14-9-15(19(18)23(28)32)21(26)20(14)25/h4-7,14-15,18-21H,2-3,8-11H2,1H3,(H,27,29)/t14-,15-,18-,19+,20-,21+/m1/s1. The molecule has 1 aliphatic heterocycles. The zero-order valence-electron chi connectivity index (χ0n) is 19.1. The van der Waals surface area contributed by atoms with E-state index in [9.17, 15) is 24.0 Å². The zero-order valence-corrected chi connectivity index (χ0v) is 22.2. The first-order valence-corrected chi connectivity index (χ1v) is 13.4. The Hall–Kier alpha value is -2.27. The molecule has 4 rings (SSSR count). The number of carbonyl (C=O) groups excluding carboxylic acids is 5. The molecule has 9 nitrogen and oxygen atoms in total. The molecule has 2 aliphatic carbocycles. The van der Waals surface area contributed by atoms with E-state index < -0.39 is 42.8 Å². The van der Waals surface area contributed by atoms with Crippen molar-refractivity contribution in [3.63, 3.8) is 0 Å². The highest BCUT2D eigenvalue weighted by Gasteiger charge is 2.66. The van der Waals surface area contributed by atoms with Crippen LogP contribution < -0.4 is 5.32 Å². The van der Waals surface area contributed by atoms with Gasteiger partial charge in [0, 0.05) is 15.3 Å². The van der Waals surface area contributed by atoms with Crippen LogP contribution in [-0.4, -0.2) is 64.0 Å². The monoisotopic (exact) mass is 612 g/mol. The number of alkyl halides is 2. The van der Waals surface area contributed by atoms with E-state index in [1.54, 1.807) is 12.1 Å². The van der Waals surface area contributed by atoms with Crippen molar-refractivity contribution >= 4 is 67.2 Å². The molecule has 188 valence electrons. The highest BCUT2D eigenvalue weighted by atomic mass is 79.9. The topological polar surface area (TPSA) is 119 Å². The van der Waals surface area contributed by atoms with Crippen molar-refractivity contribution in [1.82, 2.24) is 4.90 Å². The third-order valence-electron chi connectivity index (χ3n) is 6.87.